The van der Waals surface area contributed by atoms with E-state index in [1.165, 1.54) is 6.07 Å². The number of benzene rings is 1. The van der Waals surface area contributed by atoms with E-state index >= 15 is 0 Å². The fraction of sp³-hybridized carbons (Fsp3) is 0.455. The number of hydrogen-bond donors (Lipinski definition) is 2. The van der Waals surface area contributed by atoms with Crippen LogP contribution in [0, 0.1) is 5.82 Å². The van der Waals surface area contributed by atoms with Gasteiger partial charge in [0.25, 0.3) is 0 Å². The number of halogens is 2. The molecule has 1 saturated carbocycles. The maximum atomic E-state index is 13.3. The second-order valence-corrected chi connectivity index (χ2v) is 4.99. The molecule has 0 aliphatic heterocycles. The standard InChI is InChI=1S/C11H12BrFO2/c12-7-4-8(10(15)9(13)5-7)11(6-14)2-1-3-11/h4-5,14-15H,1-3,6H2. The molecule has 0 radical (unpaired) electrons. The molecule has 82 valence electrons. The number of aliphatic hydroxyl groups is 1. The highest BCUT2D eigenvalue weighted by Gasteiger charge is 2.40. The second-order valence-electron chi connectivity index (χ2n) is 4.08. The van der Waals surface area contributed by atoms with Crippen LogP contribution in [0.25, 0.3) is 0 Å². The van der Waals surface area contributed by atoms with Gasteiger partial charge in [0.1, 0.15) is 0 Å². The van der Waals surface area contributed by atoms with Crippen molar-refractivity contribution >= 4 is 15.9 Å². The van der Waals surface area contributed by atoms with Gasteiger partial charge >= 0.3 is 0 Å². The Bertz CT molecular complexity index is 383. The number of aromatic hydroxyl groups is 1. The average molecular weight is 275 g/mol. The van der Waals surface area contributed by atoms with Crippen LogP contribution >= 0.6 is 15.9 Å². The molecule has 0 bridgehead atoms. The van der Waals surface area contributed by atoms with E-state index in [1.54, 1.807) is 6.07 Å². The number of phenolic OH excluding ortho intramolecular Hbond substituents is 1. The molecule has 0 heterocycles. The van der Waals surface area contributed by atoms with Crippen LogP contribution in [0.5, 0.6) is 5.75 Å². The quantitative estimate of drug-likeness (QED) is 0.871. The molecule has 1 aliphatic rings. The minimum Gasteiger partial charge on any atom is -0.505 e. The van der Waals surface area contributed by atoms with Crippen molar-refractivity contribution in [1.29, 1.82) is 0 Å². The maximum absolute atomic E-state index is 13.3. The SMILES string of the molecule is OCC1(c2cc(Br)cc(F)c2O)CCC1. The van der Waals surface area contributed by atoms with Gasteiger partial charge in [-0.15, -0.1) is 0 Å². The summed E-state index contributed by atoms with van der Waals surface area (Å²) >= 11 is 3.19. The summed E-state index contributed by atoms with van der Waals surface area (Å²) in [6.45, 7) is -0.0452. The van der Waals surface area contributed by atoms with Crippen molar-refractivity contribution in [1.82, 2.24) is 0 Å². The van der Waals surface area contributed by atoms with Crippen LogP contribution in [0.4, 0.5) is 4.39 Å². The van der Waals surface area contributed by atoms with Gasteiger partial charge in [-0.2, -0.15) is 0 Å². The number of hydrogen-bond acceptors (Lipinski definition) is 2. The van der Waals surface area contributed by atoms with Crippen molar-refractivity contribution < 1.29 is 14.6 Å². The highest BCUT2D eigenvalue weighted by molar-refractivity contribution is 9.10. The van der Waals surface area contributed by atoms with Crippen molar-refractivity contribution in [2.24, 2.45) is 0 Å². The first kappa shape index (κ1) is 10.9. The first-order chi connectivity index (χ1) is 7.09. The predicted molar refractivity (Wildman–Crippen MR) is 58.4 cm³/mol. The smallest absolute Gasteiger partial charge is 0.166 e. The van der Waals surface area contributed by atoms with Crippen molar-refractivity contribution in [3.63, 3.8) is 0 Å². The van der Waals surface area contributed by atoms with E-state index in [0.29, 0.717) is 10.0 Å². The summed E-state index contributed by atoms with van der Waals surface area (Å²) in [5.41, 5.74) is 0.0810. The third-order valence-corrected chi connectivity index (χ3v) is 3.67. The highest BCUT2D eigenvalue weighted by atomic mass is 79.9. The summed E-state index contributed by atoms with van der Waals surface area (Å²) in [7, 11) is 0. The fourth-order valence-corrected chi connectivity index (χ4v) is 2.52. The van der Waals surface area contributed by atoms with Gasteiger partial charge in [-0.1, -0.05) is 22.4 Å². The van der Waals surface area contributed by atoms with Crippen LogP contribution in [-0.4, -0.2) is 16.8 Å². The molecular formula is C11H12BrFO2. The van der Waals surface area contributed by atoms with Crippen molar-refractivity contribution in [2.75, 3.05) is 6.61 Å². The molecule has 1 fully saturated rings. The van der Waals surface area contributed by atoms with E-state index in [2.05, 4.69) is 15.9 Å². The second kappa shape index (κ2) is 3.76. The van der Waals surface area contributed by atoms with Crippen LogP contribution in [-0.2, 0) is 5.41 Å². The first-order valence-corrected chi connectivity index (χ1v) is 5.68. The molecule has 4 heteroatoms. The van der Waals surface area contributed by atoms with Crippen molar-refractivity contribution in [3.05, 3.63) is 28.0 Å². The zero-order chi connectivity index (χ0) is 11.1. The summed E-state index contributed by atoms with van der Waals surface area (Å²) in [6.07, 6.45) is 2.61. The largest absolute Gasteiger partial charge is 0.505 e. The van der Waals surface area contributed by atoms with E-state index in [1.807, 2.05) is 0 Å². The Morgan fingerprint density at radius 1 is 1.40 bits per heavy atom. The molecule has 1 aromatic rings. The van der Waals surface area contributed by atoms with Gasteiger partial charge in [-0.05, 0) is 25.0 Å². The van der Waals surface area contributed by atoms with Gasteiger partial charge < -0.3 is 10.2 Å². The Morgan fingerprint density at radius 3 is 2.53 bits per heavy atom. The molecule has 0 unspecified atom stereocenters. The normalized spacial score (nSPS) is 18.6. The summed E-state index contributed by atoms with van der Waals surface area (Å²) < 4.78 is 13.9. The van der Waals surface area contributed by atoms with Crippen LogP contribution < -0.4 is 0 Å². The first-order valence-electron chi connectivity index (χ1n) is 4.88. The van der Waals surface area contributed by atoms with E-state index in [4.69, 9.17) is 0 Å². The topological polar surface area (TPSA) is 40.5 Å². The zero-order valence-corrected chi connectivity index (χ0v) is 9.72. The van der Waals surface area contributed by atoms with Gasteiger partial charge in [0, 0.05) is 15.5 Å². The Morgan fingerprint density at radius 2 is 2.07 bits per heavy atom. The van der Waals surface area contributed by atoms with E-state index in [0.717, 1.165) is 19.3 Å². The molecule has 0 atom stereocenters. The van der Waals surface area contributed by atoms with Gasteiger partial charge in [0.15, 0.2) is 11.6 Å². The molecule has 0 spiro atoms. The summed E-state index contributed by atoms with van der Waals surface area (Å²) in [5.74, 6) is -0.967. The van der Waals surface area contributed by atoms with Crippen LogP contribution in [0.1, 0.15) is 24.8 Å². The lowest BCUT2D eigenvalue weighted by atomic mass is 9.65. The van der Waals surface area contributed by atoms with E-state index in [-0.39, 0.29) is 12.4 Å². The molecule has 2 N–H and O–H groups in total. The monoisotopic (exact) mass is 274 g/mol. The van der Waals surface area contributed by atoms with Crippen LogP contribution in [0.15, 0.2) is 16.6 Å². The van der Waals surface area contributed by atoms with E-state index in [9.17, 15) is 14.6 Å². The molecule has 15 heavy (non-hydrogen) atoms. The Balaban J connectivity index is 2.51. The molecule has 0 amide bonds. The summed E-state index contributed by atoms with van der Waals surface area (Å²) in [5, 5.41) is 19.0. The predicted octanol–water partition coefficient (Wildman–Crippen LogP) is 2.71. The summed E-state index contributed by atoms with van der Waals surface area (Å²) in [6, 6.07) is 2.91. The van der Waals surface area contributed by atoms with Crippen molar-refractivity contribution in [3.8, 4) is 5.75 Å². The van der Waals surface area contributed by atoms with Gasteiger partial charge in [-0.3, -0.25) is 0 Å². The fourth-order valence-electron chi connectivity index (χ4n) is 2.09. The van der Waals surface area contributed by atoms with Crippen LogP contribution in [0.2, 0.25) is 0 Å². The molecule has 0 aromatic heterocycles. The number of rotatable bonds is 2. The lowest BCUT2D eigenvalue weighted by Crippen LogP contribution is -2.38. The molecule has 1 aliphatic carbocycles. The Kier molecular flexibility index (Phi) is 2.73. The van der Waals surface area contributed by atoms with E-state index < -0.39 is 11.2 Å². The maximum Gasteiger partial charge on any atom is 0.166 e. The minimum absolute atomic E-state index is 0.0452. The Labute approximate surface area is 95.9 Å². The highest BCUT2D eigenvalue weighted by Crippen LogP contribution is 2.47. The lowest BCUT2D eigenvalue weighted by Gasteiger charge is -2.41. The van der Waals surface area contributed by atoms with Gasteiger partial charge in [-0.25, -0.2) is 4.39 Å². The molecule has 2 rings (SSSR count). The third kappa shape index (κ3) is 1.66. The molecule has 1 aromatic carbocycles. The third-order valence-electron chi connectivity index (χ3n) is 3.21. The average Bonchev–Trinajstić information content (AvgIpc) is 2.12. The minimum atomic E-state index is -0.640. The van der Waals surface area contributed by atoms with Gasteiger partial charge in [0.2, 0.25) is 0 Å². The lowest BCUT2D eigenvalue weighted by molar-refractivity contribution is 0.117. The molecule has 0 saturated heterocycles. The number of phenols is 1. The molecule has 2 nitrogen and oxygen atoms in total. The van der Waals surface area contributed by atoms with Crippen molar-refractivity contribution in [2.45, 2.75) is 24.7 Å². The number of aliphatic hydroxyl groups excluding tert-OH is 1. The molecular weight excluding hydrogens is 263 g/mol. The zero-order valence-electron chi connectivity index (χ0n) is 8.13. The van der Waals surface area contributed by atoms with Gasteiger partial charge in [0.05, 0.1) is 6.61 Å². The van der Waals surface area contributed by atoms with Crippen LogP contribution in [0.3, 0.4) is 0 Å². The summed E-state index contributed by atoms with van der Waals surface area (Å²) in [4.78, 5) is 0. The Hall–Kier alpha value is -0.610.